The number of hydrogen-bond acceptors (Lipinski definition) is 4. The molecular formula is C10H14N2O2S. The summed E-state index contributed by atoms with van der Waals surface area (Å²) < 4.78 is 0. The van der Waals surface area contributed by atoms with Gasteiger partial charge in [0.2, 0.25) is 0 Å². The Labute approximate surface area is 92.6 Å². The maximum absolute atomic E-state index is 10.7. The van der Waals surface area contributed by atoms with Crippen LogP contribution in [0.3, 0.4) is 0 Å². The van der Waals surface area contributed by atoms with Gasteiger partial charge in [-0.25, -0.2) is 9.78 Å². The van der Waals surface area contributed by atoms with Crippen molar-refractivity contribution in [1.82, 2.24) is 4.98 Å². The molecule has 1 N–H and O–H groups in total. The second-order valence-electron chi connectivity index (χ2n) is 3.87. The van der Waals surface area contributed by atoms with E-state index >= 15 is 0 Å². The highest BCUT2D eigenvalue weighted by Gasteiger charge is 2.22. The number of aromatic nitrogens is 1. The maximum Gasteiger partial charge on any atom is 0.355 e. The Morgan fingerprint density at radius 1 is 1.60 bits per heavy atom. The molecule has 1 heterocycles. The molecule has 0 radical (unpaired) electrons. The first-order valence-electron chi connectivity index (χ1n) is 5.10. The first-order chi connectivity index (χ1) is 7.18. The molecule has 0 aromatic carbocycles. The quantitative estimate of drug-likeness (QED) is 0.858. The van der Waals surface area contributed by atoms with Crippen LogP contribution in [0, 0.1) is 0 Å². The molecule has 0 spiro atoms. The molecule has 0 aliphatic heterocycles. The number of carboxylic acid groups (broad SMARTS) is 1. The van der Waals surface area contributed by atoms with Gasteiger partial charge >= 0.3 is 5.97 Å². The van der Waals surface area contributed by atoms with E-state index in [2.05, 4.69) is 9.88 Å². The van der Waals surface area contributed by atoms with Crippen LogP contribution in [0.5, 0.6) is 0 Å². The number of carbonyl (C=O) groups is 1. The Hall–Kier alpha value is -1.10. The summed E-state index contributed by atoms with van der Waals surface area (Å²) in [5.74, 6) is -0.947. The molecule has 0 atom stereocenters. The normalized spacial score (nSPS) is 16.9. The largest absolute Gasteiger partial charge is 0.476 e. The monoisotopic (exact) mass is 226 g/mol. The molecule has 1 aliphatic rings. The molecule has 1 aliphatic carbocycles. The summed E-state index contributed by atoms with van der Waals surface area (Å²) in [5.41, 5.74) is 0.153. The minimum Gasteiger partial charge on any atom is -0.476 e. The van der Waals surface area contributed by atoms with E-state index in [9.17, 15) is 4.79 Å². The molecule has 5 heteroatoms. The summed E-state index contributed by atoms with van der Waals surface area (Å²) in [6.07, 6.45) is 4.93. The highest BCUT2D eigenvalue weighted by molar-refractivity contribution is 7.13. The van der Waals surface area contributed by atoms with Gasteiger partial charge in [-0.1, -0.05) is 12.8 Å². The van der Waals surface area contributed by atoms with E-state index in [1.807, 2.05) is 7.05 Å². The molecule has 1 saturated carbocycles. The lowest BCUT2D eigenvalue weighted by Crippen LogP contribution is -2.28. The molecule has 82 valence electrons. The number of rotatable bonds is 3. The van der Waals surface area contributed by atoms with Crippen molar-refractivity contribution < 1.29 is 9.90 Å². The lowest BCUT2D eigenvalue weighted by atomic mass is 10.2. The molecule has 4 nitrogen and oxygen atoms in total. The molecule has 0 amide bonds. The zero-order valence-electron chi connectivity index (χ0n) is 8.64. The number of anilines is 1. The van der Waals surface area contributed by atoms with Crippen molar-refractivity contribution in [2.45, 2.75) is 31.7 Å². The third-order valence-electron chi connectivity index (χ3n) is 2.89. The Morgan fingerprint density at radius 2 is 2.27 bits per heavy atom. The molecular weight excluding hydrogens is 212 g/mol. The summed E-state index contributed by atoms with van der Waals surface area (Å²) in [7, 11) is 2.00. The van der Waals surface area contributed by atoms with Gasteiger partial charge in [-0.05, 0) is 12.8 Å². The highest BCUT2D eigenvalue weighted by Crippen LogP contribution is 2.28. The van der Waals surface area contributed by atoms with Crippen molar-refractivity contribution in [3.63, 3.8) is 0 Å². The molecule has 1 aromatic rings. The van der Waals surface area contributed by atoms with Crippen LogP contribution >= 0.6 is 11.3 Å². The van der Waals surface area contributed by atoms with Crippen LogP contribution in [0.15, 0.2) is 5.38 Å². The van der Waals surface area contributed by atoms with Gasteiger partial charge in [-0.2, -0.15) is 0 Å². The molecule has 1 aromatic heterocycles. The van der Waals surface area contributed by atoms with Crippen molar-refractivity contribution >= 4 is 22.4 Å². The Morgan fingerprint density at radius 3 is 2.80 bits per heavy atom. The summed E-state index contributed by atoms with van der Waals surface area (Å²) >= 11 is 1.41. The number of hydrogen-bond donors (Lipinski definition) is 1. The predicted molar refractivity (Wildman–Crippen MR) is 59.7 cm³/mol. The number of nitrogens with zero attached hydrogens (tertiary/aromatic N) is 2. The summed E-state index contributed by atoms with van der Waals surface area (Å²) in [4.78, 5) is 16.9. The number of aromatic carboxylic acids is 1. The maximum atomic E-state index is 10.7. The fourth-order valence-electron chi connectivity index (χ4n) is 1.97. The predicted octanol–water partition coefficient (Wildman–Crippen LogP) is 2.22. The third-order valence-corrected chi connectivity index (χ3v) is 3.82. The van der Waals surface area contributed by atoms with E-state index in [1.54, 1.807) is 5.38 Å². The summed E-state index contributed by atoms with van der Waals surface area (Å²) in [6.45, 7) is 0. The molecule has 0 unspecified atom stereocenters. The first-order valence-corrected chi connectivity index (χ1v) is 5.98. The minimum atomic E-state index is -0.947. The number of carboxylic acids is 1. The van der Waals surface area contributed by atoms with Crippen molar-refractivity contribution in [3.8, 4) is 0 Å². The van der Waals surface area contributed by atoms with Crippen LogP contribution in [0.4, 0.5) is 5.13 Å². The van der Waals surface area contributed by atoms with Crippen LogP contribution < -0.4 is 4.90 Å². The standard InChI is InChI=1S/C10H14N2O2S/c1-12(7-4-2-3-5-7)10-11-8(6-15-10)9(13)14/h6-7H,2-5H2,1H3,(H,13,14). The van der Waals surface area contributed by atoms with Gasteiger partial charge in [0.1, 0.15) is 0 Å². The zero-order valence-corrected chi connectivity index (χ0v) is 9.46. The molecule has 2 rings (SSSR count). The third kappa shape index (κ3) is 2.12. The second kappa shape index (κ2) is 4.18. The van der Waals surface area contributed by atoms with Gasteiger partial charge < -0.3 is 10.0 Å². The van der Waals surface area contributed by atoms with Gasteiger partial charge in [0.05, 0.1) is 0 Å². The smallest absolute Gasteiger partial charge is 0.355 e. The Kier molecular flexibility index (Phi) is 2.90. The van der Waals surface area contributed by atoms with Gasteiger partial charge in [0.15, 0.2) is 10.8 Å². The molecule has 0 bridgehead atoms. The topological polar surface area (TPSA) is 53.4 Å². The van der Waals surface area contributed by atoms with Crippen LogP contribution in [-0.2, 0) is 0 Å². The van der Waals surface area contributed by atoms with Crippen LogP contribution in [0.25, 0.3) is 0 Å². The van der Waals surface area contributed by atoms with E-state index in [0.29, 0.717) is 6.04 Å². The van der Waals surface area contributed by atoms with E-state index in [1.165, 1.54) is 37.0 Å². The zero-order chi connectivity index (χ0) is 10.8. The fourth-order valence-corrected chi connectivity index (χ4v) is 2.81. The first kappa shape index (κ1) is 10.4. The minimum absolute atomic E-state index is 0.153. The van der Waals surface area contributed by atoms with Gasteiger partial charge in [0.25, 0.3) is 0 Å². The van der Waals surface area contributed by atoms with Gasteiger partial charge in [0, 0.05) is 18.5 Å². The lowest BCUT2D eigenvalue weighted by Gasteiger charge is -2.23. The van der Waals surface area contributed by atoms with E-state index < -0.39 is 5.97 Å². The second-order valence-corrected chi connectivity index (χ2v) is 4.71. The van der Waals surface area contributed by atoms with Crippen LogP contribution in [0.2, 0.25) is 0 Å². The van der Waals surface area contributed by atoms with Crippen molar-refractivity contribution in [1.29, 1.82) is 0 Å². The van der Waals surface area contributed by atoms with Crippen molar-refractivity contribution in [2.75, 3.05) is 11.9 Å². The average molecular weight is 226 g/mol. The summed E-state index contributed by atoms with van der Waals surface area (Å²) in [6, 6.07) is 0.540. The molecule has 0 saturated heterocycles. The van der Waals surface area contributed by atoms with Gasteiger partial charge in [-0.15, -0.1) is 11.3 Å². The van der Waals surface area contributed by atoms with Gasteiger partial charge in [-0.3, -0.25) is 0 Å². The van der Waals surface area contributed by atoms with E-state index in [-0.39, 0.29) is 5.69 Å². The Balaban J connectivity index is 2.10. The van der Waals surface area contributed by atoms with Crippen molar-refractivity contribution in [2.24, 2.45) is 0 Å². The lowest BCUT2D eigenvalue weighted by molar-refractivity contribution is 0.0691. The SMILES string of the molecule is CN(c1nc(C(=O)O)cs1)C1CCCC1. The van der Waals surface area contributed by atoms with Crippen LogP contribution in [0.1, 0.15) is 36.2 Å². The van der Waals surface area contributed by atoms with E-state index in [0.717, 1.165) is 5.13 Å². The Bertz CT molecular complexity index is 358. The van der Waals surface area contributed by atoms with Crippen LogP contribution in [-0.4, -0.2) is 29.1 Å². The number of thiazole rings is 1. The average Bonchev–Trinajstić information content (AvgIpc) is 2.88. The van der Waals surface area contributed by atoms with E-state index in [4.69, 9.17) is 5.11 Å². The highest BCUT2D eigenvalue weighted by atomic mass is 32.1. The fraction of sp³-hybridized carbons (Fsp3) is 0.600. The molecule has 1 fully saturated rings. The molecule has 15 heavy (non-hydrogen) atoms. The summed E-state index contributed by atoms with van der Waals surface area (Å²) in [5, 5.41) is 11.2. The van der Waals surface area contributed by atoms with Crippen molar-refractivity contribution in [3.05, 3.63) is 11.1 Å².